The fourth-order valence-corrected chi connectivity index (χ4v) is 7.54. The van der Waals surface area contributed by atoms with Gasteiger partial charge < -0.3 is 14.4 Å². The second-order valence-electron chi connectivity index (χ2n) is 12.6. The molecule has 1 saturated carbocycles. The van der Waals surface area contributed by atoms with Crippen LogP contribution in [0.4, 0.5) is 13.2 Å². The van der Waals surface area contributed by atoms with E-state index in [0.717, 1.165) is 59.0 Å². The summed E-state index contributed by atoms with van der Waals surface area (Å²) in [6.45, 7) is 2.84. The summed E-state index contributed by atoms with van der Waals surface area (Å²) < 4.78 is 77.8. The summed E-state index contributed by atoms with van der Waals surface area (Å²) in [5, 5.41) is 13.7. The Labute approximate surface area is 275 Å². The number of allylic oxidation sites excluding steroid dienone is 1. The quantitative estimate of drug-likeness (QED) is 0.218. The van der Waals surface area contributed by atoms with Crippen LogP contribution in [-0.4, -0.2) is 52.1 Å². The lowest BCUT2D eigenvalue weighted by Crippen LogP contribution is -2.35. The highest BCUT2D eigenvalue weighted by Crippen LogP contribution is 2.48. The Morgan fingerprint density at radius 1 is 1.06 bits per heavy atom. The van der Waals surface area contributed by atoms with Crippen molar-refractivity contribution >= 4 is 44.5 Å². The number of hydrogen-bond donors (Lipinski definition) is 2. The number of ether oxygens (including phenoxy) is 1. The van der Waals surface area contributed by atoms with Gasteiger partial charge in [0.2, 0.25) is 10.0 Å². The summed E-state index contributed by atoms with van der Waals surface area (Å²) in [5.74, 6) is -1.95. The van der Waals surface area contributed by atoms with Gasteiger partial charge in [-0.3, -0.25) is 9.48 Å². The predicted octanol–water partition coefficient (Wildman–Crippen LogP) is 6.84. The van der Waals surface area contributed by atoms with Gasteiger partial charge in [-0.15, -0.1) is 0 Å². The zero-order valence-electron chi connectivity index (χ0n) is 26.8. The van der Waals surface area contributed by atoms with Gasteiger partial charge in [0.05, 0.1) is 30.3 Å². The Morgan fingerprint density at radius 2 is 1.77 bits per heavy atom. The highest BCUT2D eigenvalue weighted by Gasteiger charge is 2.42. The maximum absolute atomic E-state index is 14.1. The summed E-state index contributed by atoms with van der Waals surface area (Å²) in [4.78, 5) is 25.7. The number of nitrogens with one attached hydrogen (secondary N) is 1. The maximum atomic E-state index is 14.1. The maximum Gasteiger partial charge on any atom is 0.436 e. The molecule has 0 radical (unpaired) electrons. The number of carboxylic acid groups (broad SMARTS) is 1. The summed E-state index contributed by atoms with van der Waals surface area (Å²) in [5.41, 5.74) is 1.38. The van der Waals surface area contributed by atoms with Crippen LogP contribution in [0.15, 0.2) is 36.4 Å². The van der Waals surface area contributed by atoms with Crippen LogP contribution in [-0.2, 0) is 29.8 Å². The molecule has 1 amide bonds. The number of aromatic nitrogens is 3. The lowest BCUT2D eigenvalue weighted by Gasteiger charge is -2.24. The van der Waals surface area contributed by atoms with Gasteiger partial charge in [-0.25, -0.2) is 17.9 Å². The monoisotopic (exact) mass is 684 g/mol. The van der Waals surface area contributed by atoms with Gasteiger partial charge in [-0.2, -0.15) is 18.3 Å². The van der Waals surface area contributed by atoms with Crippen LogP contribution in [0.2, 0.25) is 0 Å². The third-order valence-corrected chi connectivity index (χ3v) is 11.0. The predicted molar refractivity (Wildman–Crippen MR) is 174 cm³/mol. The van der Waals surface area contributed by atoms with Crippen molar-refractivity contribution in [3.63, 3.8) is 0 Å². The molecule has 0 atom stereocenters. The molecule has 0 bridgehead atoms. The number of aromatic carboxylic acids is 1. The van der Waals surface area contributed by atoms with Crippen LogP contribution in [0.1, 0.15) is 95.1 Å². The zero-order chi connectivity index (χ0) is 34.7. The Balaban J connectivity index is 1.66. The van der Waals surface area contributed by atoms with Crippen LogP contribution < -0.4 is 9.46 Å². The summed E-state index contributed by atoms with van der Waals surface area (Å²) in [7, 11) is -1.17. The van der Waals surface area contributed by atoms with E-state index in [1.807, 2.05) is 10.6 Å². The lowest BCUT2D eigenvalue weighted by molar-refractivity contribution is -0.141. The van der Waals surface area contributed by atoms with Gasteiger partial charge in [0.25, 0.3) is 5.91 Å². The smallest absolute Gasteiger partial charge is 0.436 e. The van der Waals surface area contributed by atoms with E-state index < -0.39 is 44.6 Å². The molecule has 2 aromatic heterocycles. The van der Waals surface area contributed by atoms with Crippen molar-refractivity contribution in [1.82, 2.24) is 19.1 Å². The fraction of sp³-hybridized carbons (Fsp3) is 0.382. The largest absolute Gasteiger partial charge is 0.497 e. The van der Waals surface area contributed by atoms with Gasteiger partial charge in [-0.1, -0.05) is 25.3 Å². The summed E-state index contributed by atoms with van der Waals surface area (Å²) in [6, 6.07) is 10.4. The first-order valence-electron chi connectivity index (χ1n) is 15.6. The molecule has 1 aliphatic carbocycles. The van der Waals surface area contributed by atoms with Crippen molar-refractivity contribution in [2.45, 2.75) is 69.8 Å². The number of alkyl halides is 3. The highest BCUT2D eigenvalue weighted by atomic mass is 32.2. The third kappa shape index (κ3) is 5.75. The molecule has 0 spiro atoms. The number of rotatable bonds is 7. The van der Waals surface area contributed by atoms with E-state index >= 15 is 0 Å². The van der Waals surface area contributed by atoms with Crippen molar-refractivity contribution in [2.75, 3.05) is 7.11 Å². The third-order valence-electron chi connectivity index (χ3n) is 9.24. The SMILES string of the molecule is COc1ccc2c(c1)C=C(c1c(C(=O)O)c(C(F)(F)F)nn1C)Cn1c-2c(C2CCCCC2)c2ccc(C(=O)NS(=O)(=O)C(C)C)cc21. The van der Waals surface area contributed by atoms with Gasteiger partial charge in [0.15, 0.2) is 5.69 Å². The van der Waals surface area contributed by atoms with E-state index in [1.54, 1.807) is 36.4 Å². The molecule has 10 nitrogen and oxygen atoms in total. The molecular formula is C34H35F3N4O6S. The van der Waals surface area contributed by atoms with Crippen molar-refractivity contribution < 1.29 is 41.0 Å². The average Bonchev–Trinajstić information content (AvgIpc) is 3.50. The number of hydrogen-bond acceptors (Lipinski definition) is 6. The van der Waals surface area contributed by atoms with E-state index in [1.165, 1.54) is 28.0 Å². The molecule has 1 aliphatic heterocycles. The number of nitrogens with zero attached hydrogens (tertiary/aromatic N) is 3. The first-order valence-corrected chi connectivity index (χ1v) is 17.2. The van der Waals surface area contributed by atoms with E-state index in [0.29, 0.717) is 16.8 Å². The number of fused-ring (bicyclic) bond motifs is 5. The Morgan fingerprint density at radius 3 is 2.40 bits per heavy atom. The molecule has 2 aliphatic rings. The van der Waals surface area contributed by atoms with Crippen LogP contribution in [0.25, 0.3) is 33.8 Å². The molecule has 0 unspecified atom stereocenters. The number of halogens is 3. The second-order valence-corrected chi connectivity index (χ2v) is 14.8. The number of benzene rings is 2. The molecule has 48 heavy (non-hydrogen) atoms. The minimum Gasteiger partial charge on any atom is -0.497 e. The molecule has 254 valence electrons. The normalized spacial score (nSPS) is 15.5. The first-order chi connectivity index (χ1) is 22.6. The molecule has 2 aromatic carbocycles. The van der Waals surface area contributed by atoms with Crippen LogP contribution >= 0.6 is 0 Å². The Kier molecular flexibility index (Phi) is 8.42. The number of carboxylic acids is 1. The molecule has 2 N–H and O–H groups in total. The molecule has 6 rings (SSSR count). The standard InChI is InChI=1S/C34H35F3N4O6S/c1-18(2)48(45,46)39-32(42)20-10-12-25-26(16-20)41-17-22(29-28(33(43)44)31(34(35,36)37)38-40(29)3)14-21-15-23(47-4)11-13-24(21)30(41)27(25)19-8-6-5-7-9-19/h10-16,18-19H,5-9,17H2,1-4H3,(H,39,42)(H,43,44). The van der Waals surface area contributed by atoms with E-state index in [-0.39, 0.29) is 29.3 Å². The van der Waals surface area contributed by atoms with E-state index in [4.69, 9.17) is 4.74 Å². The van der Waals surface area contributed by atoms with Crippen molar-refractivity contribution in [2.24, 2.45) is 7.05 Å². The number of sulfonamides is 1. The van der Waals surface area contributed by atoms with E-state index in [9.17, 15) is 36.3 Å². The molecule has 14 heteroatoms. The van der Waals surface area contributed by atoms with Gasteiger partial charge in [0, 0.05) is 29.1 Å². The molecule has 3 heterocycles. The van der Waals surface area contributed by atoms with Crippen molar-refractivity contribution in [1.29, 1.82) is 0 Å². The van der Waals surface area contributed by atoms with Crippen LogP contribution in [0.5, 0.6) is 5.75 Å². The summed E-state index contributed by atoms with van der Waals surface area (Å²) in [6.07, 6.45) is 1.59. The first kappa shape index (κ1) is 33.3. The van der Waals surface area contributed by atoms with E-state index in [2.05, 4.69) is 9.82 Å². The van der Waals surface area contributed by atoms with Crippen molar-refractivity contribution in [3.05, 3.63) is 70.0 Å². The number of carbonyl (C=O) groups is 2. The van der Waals surface area contributed by atoms with Gasteiger partial charge in [-0.05, 0) is 85.7 Å². The minimum absolute atomic E-state index is 0.0674. The summed E-state index contributed by atoms with van der Waals surface area (Å²) >= 11 is 0. The number of aryl methyl sites for hydroxylation is 1. The topological polar surface area (TPSA) is 133 Å². The molecule has 4 aromatic rings. The zero-order valence-corrected chi connectivity index (χ0v) is 27.6. The average molecular weight is 685 g/mol. The Hall–Kier alpha value is -4.59. The van der Waals surface area contributed by atoms with Crippen molar-refractivity contribution in [3.8, 4) is 17.0 Å². The second kappa shape index (κ2) is 12.1. The number of amides is 1. The molecule has 1 fully saturated rings. The number of methoxy groups -OCH3 is 1. The minimum atomic E-state index is -5.02. The van der Waals surface area contributed by atoms with Gasteiger partial charge in [0.1, 0.15) is 11.3 Å². The number of carbonyl (C=O) groups excluding carboxylic acids is 1. The van der Waals surface area contributed by atoms with Crippen LogP contribution in [0.3, 0.4) is 0 Å². The van der Waals surface area contributed by atoms with Gasteiger partial charge >= 0.3 is 12.1 Å². The Bertz CT molecular complexity index is 2100. The fourth-order valence-electron chi connectivity index (χ4n) is 6.93. The lowest BCUT2D eigenvalue weighted by atomic mass is 9.81. The molecular weight excluding hydrogens is 649 g/mol. The highest BCUT2D eigenvalue weighted by molar-refractivity contribution is 7.90. The van der Waals surface area contributed by atoms with Crippen LogP contribution in [0, 0.1) is 0 Å². The molecule has 0 saturated heterocycles.